The molecular weight excluding hydrogens is 408 g/mol. The molecule has 2 heterocycles. The highest BCUT2D eigenvalue weighted by Crippen LogP contribution is 2.41. The Morgan fingerprint density at radius 2 is 1.84 bits per heavy atom. The molecule has 0 saturated carbocycles. The zero-order chi connectivity index (χ0) is 22.2. The Kier molecular flexibility index (Phi) is 5.05. The van der Waals surface area contributed by atoms with E-state index in [-0.39, 0.29) is 11.8 Å². The molecule has 1 atom stereocenters. The first kappa shape index (κ1) is 20.1. The Labute approximate surface area is 185 Å². The van der Waals surface area contributed by atoms with Crippen molar-refractivity contribution in [2.45, 2.75) is 25.3 Å². The number of fused-ring (bicyclic) bond motifs is 1. The van der Waals surface area contributed by atoms with Gasteiger partial charge < -0.3 is 19.5 Å². The number of allylic oxidation sites excluding steroid dienone is 2. The number of methoxy groups -OCH3 is 3. The number of hydrogen-bond donors (Lipinski definition) is 1. The topological polar surface area (TPSA) is 87.5 Å². The van der Waals surface area contributed by atoms with Gasteiger partial charge in [0.1, 0.15) is 11.8 Å². The van der Waals surface area contributed by atoms with Gasteiger partial charge >= 0.3 is 0 Å². The van der Waals surface area contributed by atoms with Crippen molar-refractivity contribution in [2.75, 3.05) is 26.6 Å². The number of hydrogen-bond acceptors (Lipinski definition) is 7. The van der Waals surface area contributed by atoms with E-state index in [4.69, 9.17) is 24.3 Å². The first-order valence-electron chi connectivity index (χ1n) is 10.5. The van der Waals surface area contributed by atoms with Crippen LogP contribution in [0.15, 0.2) is 53.7 Å². The van der Waals surface area contributed by atoms with Crippen molar-refractivity contribution < 1.29 is 19.0 Å². The van der Waals surface area contributed by atoms with Crippen LogP contribution in [0.25, 0.3) is 11.4 Å². The number of ether oxygens (including phenoxy) is 3. The third-order valence-electron chi connectivity index (χ3n) is 5.92. The predicted molar refractivity (Wildman–Crippen MR) is 119 cm³/mol. The molecule has 8 nitrogen and oxygen atoms in total. The summed E-state index contributed by atoms with van der Waals surface area (Å²) in [6.07, 6.45) is 2.17. The first-order valence-corrected chi connectivity index (χ1v) is 10.5. The van der Waals surface area contributed by atoms with E-state index in [2.05, 4.69) is 5.32 Å². The molecule has 8 heteroatoms. The number of anilines is 1. The maximum absolute atomic E-state index is 13.0. The van der Waals surface area contributed by atoms with Gasteiger partial charge in [0.25, 0.3) is 0 Å². The van der Waals surface area contributed by atoms with Crippen LogP contribution >= 0.6 is 0 Å². The van der Waals surface area contributed by atoms with Crippen LogP contribution in [0.3, 0.4) is 0 Å². The molecule has 0 saturated heterocycles. The van der Waals surface area contributed by atoms with Crippen LogP contribution in [0, 0.1) is 0 Å². The van der Waals surface area contributed by atoms with Crippen LogP contribution in [0.4, 0.5) is 5.95 Å². The van der Waals surface area contributed by atoms with E-state index in [1.165, 1.54) is 0 Å². The molecule has 164 valence electrons. The smallest absolute Gasteiger partial charge is 0.226 e. The second kappa shape index (κ2) is 8.03. The van der Waals surface area contributed by atoms with Crippen molar-refractivity contribution in [1.82, 2.24) is 14.8 Å². The van der Waals surface area contributed by atoms with Crippen LogP contribution in [-0.4, -0.2) is 41.9 Å². The molecule has 2 aliphatic rings. The van der Waals surface area contributed by atoms with Gasteiger partial charge in [-0.05, 0) is 48.7 Å². The van der Waals surface area contributed by atoms with E-state index in [0.717, 1.165) is 41.0 Å². The summed E-state index contributed by atoms with van der Waals surface area (Å²) in [5, 5.41) is 8.17. The number of aromatic nitrogens is 3. The van der Waals surface area contributed by atoms with Gasteiger partial charge in [0.15, 0.2) is 23.1 Å². The predicted octanol–water partition coefficient (Wildman–Crippen LogP) is 3.99. The maximum atomic E-state index is 13.0. The lowest BCUT2D eigenvalue weighted by atomic mass is 9.85. The Morgan fingerprint density at radius 1 is 1.00 bits per heavy atom. The molecule has 3 aromatic rings. The Bertz CT molecular complexity index is 1230. The van der Waals surface area contributed by atoms with Gasteiger partial charge in [-0.2, -0.15) is 4.98 Å². The van der Waals surface area contributed by atoms with E-state index in [0.29, 0.717) is 29.7 Å². The third kappa shape index (κ3) is 3.28. The van der Waals surface area contributed by atoms with Crippen LogP contribution in [0.5, 0.6) is 17.2 Å². The summed E-state index contributed by atoms with van der Waals surface area (Å²) in [7, 11) is 4.83. The summed E-state index contributed by atoms with van der Waals surface area (Å²) in [6, 6.07) is 13.0. The van der Waals surface area contributed by atoms with Crippen LogP contribution in [0.2, 0.25) is 0 Å². The Hall–Kier alpha value is -3.81. The van der Waals surface area contributed by atoms with E-state index >= 15 is 0 Å². The number of nitrogens with one attached hydrogen (secondary N) is 1. The number of ketones is 1. The van der Waals surface area contributed by atoms with Gasteiger partial charge in [-0.25, -0.2) is 4.68 Å². The number of carbonyl (C=O) groups is 1. The molecule has 2 aromatic carbocycles. The van der Waals surface area contributed by atoms with Crippen molar-refractivity contribution in [1.29, 1.82) is 0 Å². The Morgan fingerprint density at radius 3 is 2.62 bits per heavy atom. The molecule has 1 aliphatic heterocycles. The summed E-state index contributed by atoms with van der Waals surface area (Å²) in [6.45, 7) is 0. The first-order chi connectivity index (χ1) is 15.6. The molecule has 1 unspecified atom stereocenters. The number of nitrogens with zero attached hydrogens (tertiary/aromatic N) is 3. The maximum Gasteiger partial charge on any atom is 0.226 e. The molecule has 1 N–H and O–H groups in total. The molecule has 0 bridgehead atoms. The highest BCUT2D eigenvalue weighted by Gasteiger charge is 2.37. The molecule has 1 aromatic heterocycles. The zero-order valence-corrected chi connectivity index (χ0v) is 18.2. The van der Waals surface area contributed by atoms with Gasteiger partial charge in [-0.15, -0.1) is 5.10 Å². The highest BCUT2D eigenvalue weighted by atomic mass is 16.5. The van der Waals surface area contributed by atoms with Crippen LogP contribution in [0.1, 0.15) is 30.9 Å². The third-order valence-corrected chi connectivity index (χ3v) is 5.92. The average molecular weight is 432 g/mol. The number of Topliss-reactive ketones (excluding diaryl/α,β-unsaturated/α-hetero) is 1. The monoisotopic (exact) mass is 432 g/mol. The van der Waals surface area contributed by atoms with Crippen molar-refractivity contribution in [2.24, 2.45) is 0 Å². The van der Waals surface area contributed by atoms with Gasteiger partial charge in [0.05, 0.1) is 21.3 Å². The molecule has 0 radical (unpaired) electrons. The Balaban J connectivity index is 1.65. The lowest BCUT2D eigenvalue weighted by molar-refractivity contribution is -0.116. The van der Waals surface area contributed by atoms with Gasteiger partial charge in [0.2, 0.25) is 5.95 Å². The van der Waals surface area contributed by atoms with Crippen molar-refractivity contribution >= 4 is 11.7 Å². The standard InChI is InChI=1S/C24H24N4O4/c1-30-16-7-4-6-14(12-16)22-21-17(8-5-9-18(21)29)25-24-26-23(27-28(22)24)15-10-11-19(31-2)20(13-15)32-3/h4,6-7,10-13,22H,5,8-9H2,1-3H3,(H,25,26,27). The van der Waals surface area contributed by atoms with E-state index in [9.17, 15) is 4.79 Å². The van der Waals surface area contributed by atoms with E-state index in [1.807, 2.05) is 42.5 Å². The van der Waals surface area contributed by atoms with Gasteiger partial charge in [-0.1, -0.05) is 12.1 Å². The summed E-state index contributed by atoms with van der Waals surface area (Å²) in [5.41, 5.74) is 3.40. The molecule has 5 rings (SSSR count). The van der Waals surface area contributed by atoms with Crippen molar-refractivity contribution in [3.63, 3.8) is 0 Å². The molecule has 1 aliphatic carbocycles. The summed E-state index contributed by atoms with van der Waals surface area (Å²) >= 11 is 0. The van der Waals surface area contributed by atoms with E-state index < -0.39 is 0 Å². The number of benzene rings is 2. The van der Waals surface area contributed by atoms with Crippen molar-refractivity contribution in [3.8, 4) is 28.6 Å². The van der Waals surface area contributed by atoms with E-state index in [1.54, 1.807) is 26.0 Å². The minimum Gasteiger partial charge on any atom is -0.497 e. The minimum atomic E-state index is -0.370. The normalized spacial score (nSPS) is 17.3. The number of rotatable bonds is 5. The molecule has 0 spiro atoms. The van der Waals surface area contributed by atoms with Crippen molar-refractivity contribution in [3.05, 3.63) is 59.3 Å². The summed E-state index contributed by atoms with van der Waals surface area (Å²) < 4.78 is 18.0. The van der Waals surface area contributed by atoms with Crippen LogP contribution < -0.4 is 19.5 Å². The lowest BCUT2D eigenvalue weighted by Gasteiger charge is -2.32. The lowest BCUT2D eigenvalue weighted by Crippen LogP contribution is -2.31. The summed E-state index contributed by atoms with van der Waals surface area (Å²) in [4.78, 5) is 17.7. The minimum absolute atomic E-state index is 0.139. The summed E-state index contributed by atoms with van der Waals surface area (Å²) in [5.74, 6) is 3.25. The fraction of sp³-hybridized carbons (Fsp3) is 0.292. The SMILES string of the molecule is COc1cccc(C2C3=C(CCCC3=O)Nc3nc(-c4ccc(OC)c(OC)c4)nn32)c1. The molecule has 32 heavy (non-hydrogen) atoms. The molecule has 0 fully saturated rings. The molecule has 0 amide bonds. The largest absolute Gasteiger partial charge is 0.497 e. The average Bonchev–Trinajstić information content (AvgIpc) is 3.26. The fourth-order valence-corrected chi connectivity index (χ4v) is 4.37. The zero-order valence-electron chi connectivity index (χ0n) is 18.2. The van der Waals surface area contributed by atoms with Gasteiger partial charge in [-0.3, -0.25) is 4.79 Å². The quantitative estimate of drug-likeness (QED) is 0.652. The second-order valence-corrected chi connectivity index (χ2v) is 7.75. The molecular formula is C24H24N4O4. The van der Waals surface area contributed by atoms with Gasteiger partial charge in [0, 0.05) is 23.3 Å². The highest BCUT2D eigenvalue weighted by molar-refractivity contribution is 5.99. The fourth-order valence-electron chi connectivity index (χ4n) is 4.37. The van der Waals surface area contributed by atoms with Crippen LogP contribution in [-0.2, 0) is 4.79 Å². The number of carbonyl (C=O) groups excluding carboxylic acids is 1. The second-order valence-electron chi connectivity index (χ2n) is 7.75.